The summed E-state index contributed by atoms with van der Waals surface area (Å²) < 4.78 is 51.3. The maximum absolute atomic E-state index is 12.0. The van der Waals surface area contributed by atoms with E-state index < -0.39 is 20.0 Å². The summed E-state index contributed by atoms with van der Waals surface area (Å²) in [7, 11) is -3.07. The Morgan fingerprint density at radius 1 is 1.14 bits per heavy atom. The summed E-state index contributed by atoms with van der Waals surface area (Å²) >= 11 is 1.12. The van der Waals surface area contributed by atoms with Crippen LogP contribution in [0.3, 0.4) is 0 Å². The fraction of sp³-hybridized carbons (Fsp3) is 0.667. The van der Waals surface area contributed by atoms with Gasteiger partial charge in [-0.1, -0.05) is 6.07 Å². The first-order chi connectivity index (χ1) is 10.1. The number of hydrogen-bond donors (Lipinski definition) is 1. The average Bonchev–Trinajstić information content (AvgIpc) is 2.89. The monoisotopic (exact) mass is 369 g/mol. The summed E-state index contributed by atoms with van der Waals surface area (Å²) in [5, 5.41) is 1.68. The molecular weight excluding hydrogens is 346 g/mol. The van der Waals surface area contributed by atoms with Crippen molar-refractivity contribution in [3.05, 3.63) is 17.5 Å². The summed E-state index contributed by atoms with van der Waals surface area (Å²) in [6.45, 7) is 1.32. The summed E-state index contributed by atoms with van der Waals surface area (Å²) in [6, 6.07) is 3.17. The molecule has 128 valence electrons. The van der Waals surface area contributed by atoms with E-state index in [0.29, 0.717) is 13.0 Å². The largest absolute Gasteiger partial charge is 0.309 e. The third kappa shape index (κ3) is 6.71. The van der Waals surface area contributed by atoms with Gasteiger partial charge in [0.25, 0.3) is 0 Å². The fourth-order valence-corrected chi connectivity index (χ4v) is 4.74. The number of nitrogens with zero attached hydrogens (tertiary/aromatic N) is 2. The highest BCUT2D eigenvalue weighted by molar-refractivity contribution is 7.91. The molecule has 0 atom stereocenters. The highest BCUT2D eigenvalue weighted by Gasteiger charge is 2.19. The van der Waals surface area contributed by atoms with Gasteiger partial charge in [0.2, 0.25) is 20.0 Å². The molecule has 1 rings (SSSR count). The minimum absolute atomic E-state index is 0.0509. The number of sulfonamides is 2. The lowest BCUT2D eigenvalue weighted by atomic mass is 10.4. The van der Waals surface area contributed by atoms with Crippen molar-refractivity contribution in [2.45, 2.75) is 10.6 Å². The quantitative estimate of drug-likeness (QED) is 0.638. The molecule has 1 aromatic heterocycles. The molecular formula is C12H23N3O4S3. The zero-order valence-electron chi connectivity index (χ0n) is 13.0. The predicted molar refractivity (Wildman–Crippen MR) is 89.1 cm³/mol. The normalized spacial score (nSPS) is 13.1. The van der Waals surface area contributed by atoms with Crippen molar-refractivity contribution in [2.75, 3.05) is 46.5 Å². The fourth-order valence-electron chi connectivity index (χ4n) is 1.80. The molecule has 1 heterocycles. The van der Waals surface area contributed by atoms with Crippen LogP contribution in [0.15, 0.2) is 21.7 Å². The van der Waals surface area contributed by atoms with Crippen LogP contribution in [-0.4, -0.2) is 72.6 Å². The second kappa shape index (κ2) is 8.37. The first-order valence-corrected chi connectivity index (χ1v) is 11.0. The Kier molecular flexibility index (Phi) is 7.42. The van der Waals surface area contributed by atoms with Crippen LogP contribution in [0.2, 0.25) is 0 Å². The lowest BCUT2D eigenvalue weighted by molar-refractivity contribution is 0.352. The SMILES string of the molecule is CN(C)CCCN(CCNS(=O)(=O)c1cccs1)S(C)(=O)=O. The molecule has 10 heteroatoms. The highest BCUT2D eigenvalue weighted by atomic mass is 32.2. The van der Waals surface area contributed by atoms with Gasteiger partial charge in [-0.25, -0.2) is 25.9 Å². The van der Waals surface area contributed by atoms with Gasteiger partial charge < -0.3 is 4.90 Å². The first-order valence-electron chi connectivity index (χ1n) is 6.76. The summed E-state index contributed by atoms with van der Waals surface area (Å²) in [6.07, 6.45) is 1.83. The average molecular weight is 370 g/mol. The lowest BCUT2D eigenvalue weighted by Crippen LogP contribution is -2.39. The molecule has 7 nitrogen and oxygen atoms in total. The van der Waals surface area contributed by atoms with Gasteiger partial charge in [0.05, 0.1) is 6.26 Å². The van der Waals surface area contributed by atoms with Crippen molar-refractivity contribution in [1.29, 1.82) is 0 Å². The van der Waals surface area contributed by atoms with Crippen LogP contribution in [0, 0.1) is 0 Å². The molecule has 0 spiro atoms. The van der Waals surface area contributed by atoms with Gasteiger partial charge in [0, 0.05) is 19.6 Å². The van der Waals surface area contributed by atoms with E-state index in [-0.39, 0.29) is 17.3 Å². The van der Waals surface area contributed by atoms with Crippen LogP contribution in [0.5, 0.6) is 0 Å². The maximum Gasteiger partial charge on any atom is 0.250 e. The summed E-state index contributed by atoms with van der Waals surface area (Å²) in [4.78, 5) is 1.97. The van der Waals surface area contributed by atoms with Crippen LogP contribution in [0.4, 0.5) is 0 Å². The van der Waals surface area contributed by atoms with Gasteiger partial charge in [-0.2, -0.15) is 0 Å². The molecule has 0 amide bonds. The van der Waals surface area contributed by atoms with Gasteiger partial charge in [-0.15, -0.1) is 11.3 Å². The van der Waals surface area contributed by atoms with Crippen LogP contribution >= 0.6 is 11.3 Å². The molecule has 0 aliphatic carbocycles. The van der Waals surface area contributed by atoms with E-state index in [1.54, 1.807) is 11.4 Å². The van der Waals surface area contributed by atoms with E-state index >= 15 is 0 Å². The van der Waals surface area contributed by atoms with E-state index in [1.807, 2.05) is 19.0 Å². The number of hydrogen-bond acceptors (Lipinski definition) is 6. The minimum atomic E-state index is -3.55. The van der Waals surface area contributed by atoms with Crippen molar-refractivity contribution < 1.29 is 16.8 Å². The van der Waals surface area contributed by atoms with Crippen LogP contribution < -0.4 is 4.72 Å². The molecule has 0 saturated carbocycles. The van der Waals surface area contributed by atoms with Gasteiger partial charge in [0.15, 0.2) is 0 Å². The van der Waals surface area contributed by atoms with Crippen molar-refractivity contribution in [1.82, 2.24) is 13.9 Å². The van der Waals surface area contributed by atoms with Crippen LogP contribution in [0.1, 0.15) is 6.42 Å². The van der Waals surface area contributed by atoms with Crippen LogP contribution in [0.25, 0.3) is 0 Å². The van der Waals surface area contributed by atoms with Crippen molar-refractivity contribution in [3.8, 4) is 0 Å². The van der Waals surface area contributed by atoms with E-state index in [9.17, 15) is 16.8 Å². The van der Waals surface area contributed by atoms with Crippen molar-refractivity contribution in [2.24, 2.45) is 0 Å². The topological polar surface area (TPSA) is 86.8 Å². The van der Waals surface area contributed by atoms with E-state index in [4.69, 9.17) is 0 Å². The Hall–Kier alpha value is -0.520. The van der Waals surface area contributed by atoms with E-state index in [1.165, 1.54) is 10.4 Å². The molecule has 0 saturated heterocycles. The molecule has 0 fully saturated rings. The molecule has 0 unspecified atom stereocenters. The smallest absolute Gasteiger partial charge is 0.250 e. The third-order valence-corrected chi connectivity index (χ3v) is 7.06. The third-order valence-electron chi connectivity index (χ3n) is 2.90. The Morgan fingerprint density at radius 3 is 2.32 bits per heavy atom. The Morgan fingerprint density at radius 2 is 1.82 bits per heavy atom. The van der Waals surface area contributed by atoms with Gasteiger partial charge in [-0.05, 0) is 38.5 Å². The van der Waals surface area contributed by atoms with E-state index in [0.717, 1.165) is 24.1 Å². The Bertz CT molecular complexity index is 639. The minimum Gasteiger partial charge on any atom is -0.309 e. The van der Waals surface area contributed by atoms with Gasteiger partial charge in [0.1, 0.15) is 4.21 Å². The number of rotatable bonds is 10. The second-order valence-corrected chi connectivity index (χ2v) is 10.1. The first kappa shape index (κ1) is 19.5. The van der Waals surface area contributed by atoms with E-state index in [2.05, 4.69) is 4.72 Å². The molecule has 0 aromatic carbocycles. The Balaban J connectivity index is 2.54. The molecule has 1 N–H and O–H groups in total. The molecule has 0 aliphatic heterocycles. The summed E-state index contributed by atoms with van der Waals surface area (Å²) in [5.41, 5.74) is 0. The zero-order valence-corrected chi connectivity index (χ0v) is 15.5. The predicted octanol–water partition coefficient (Wildman–Crippen LogP) is 0.240. The molecule has 0 bridgehead atoms. The van der Waals surface area contributed by atoms with Gasteiger partial charge >= 0.3 is 0 Å². The van der Waals surface area contributed by atoms with Gasteiger partial charge in [-0.3, -0.25) is 0 Å². The standard InChI is InChI=1S/C12H23N3O4S3/c1-14(2)8-5-9-15(21(3,16)17)10-7-13-22(18,19)12-6-4-11-20-12/h4,6,11,13H,5,7-10H2,1-3H3. The van der Waals surface area contributed by atoms with Crippen molar-refractivity contribution >= 4 is 31.4 Å². The number of nitrogens with one attached hydrogen (secondary N) is 1. The zero-order chi connectivity index (χ0) is 16.8. The molecule has 0 radical (unpaired) electrons. The maximum atomic E-state index is 12.0. The molecule has 22 heavy (non-hydrogen) atoms. The van der Waals surface area contributed by atoms with Crippen LogP contribution in [-0.2, 0) is 20.0 Å². The molecule has 0 aliphatic rings. The second-order valence-electron chi connectivity index (χ2n) is 5.15. The summed E-state index contributed by atoms with van der Waals surface area (Å²) in [5.74, 6) is 0. The molecule has 1 aromatic rings. The van der Waals surface area contributed by atoms with Crippen molar-refractivity contribution in [3.63, 3.8) is 0 Å². The highest BCUT2D eigenvalue weighted by Crippen LogP contribution is 2.14. The lowest BCUT2D eigenvalue weighted by Gasteiger charge is -2.21. The Labute approximate surface area is 137 Å². The number of thiophene rings is 1.